The summed E-state index contributed by atoms with van der Waals surface area (Å²) in [6.45, 7) is 2.22. The van der Waals surface area contributed by atoms with Crippen LogP contribution in [0, 0.1) is 5.82 Å². The summed E-state index contributed by atoms with van der Waals surface area (Å²) in [7, 11) is 0. The molecule has 1 unspecified atom stereocenters. The maximum atomic E-state index is 16.1. The van der Waals surface area contributed by atoms with Crippen molar-refractivity contribution in [2.45, 2.75) is 70.4 Å². The molecule has 0 aromatic heterocycles. The molecule has 1 aliphatic carbocycles. The number of hydrogen-bond acceptors (Lipinski definition) is 0. The molecule has 0 saturated carbocycles. The van der Waals surface area contributed by atoms with E-state index in [4.69, 9.17) is 0 Å². The number of allylic oxidation sites excluding steroid dienone is 4. The van der Waals surface area contributed by atoms with Gasteiger partial charge < -0.3 is 0 Å². The highest BCUT2D eigenvalue weighted by molar-refractivity contribution is 5.77. The van der Waals surface area contributed by atoms with Crippen molar-refractivity contribution >= 4 is 5.57 Å². The number of unbranched alkanes of at least 4 members (excludes halogenated alkanes) is 6. The van der Waals surface area contributed by atoms with Gasteiger partial charge in [0.2, 0.25) is 0 Å². The van der Waals surface area contributed by atoms with Crippen molar-refractivity contribution in [2.75, 3.05) is 0 Å². The first-order valence-corrected chi connectivity index (χ1v) is 11.1. The first kappa shape index (κ1) is 22.4. The molecule has 1 aliphatic rings. The van der Waals surface area contributed by atoms with E-state index >= 15 is 4.39 Å². The van der Waals surface area contributed by atoms with Crippen LogP contribution in [-0.4, -0.2) is 0 Å². The third-order valence-electron chi connectivity index (χ3n) is 5.88. The Kier molecular flexibility index (Phi) is 7.95. The SMILES string of the molecule is CCCCCCCCCc1cccc(C2=CC(F)=CCC2(F)c2cccc(F)c2)c1. The second kappa shape index (κ2) is 10.7. The molecule has 0 spiro atoms. The molecule has 0 radical (unpaired) electrons. The van der Waals surface area contributed by atoms with Crippen LogP contribution in [0.25, 0.3) is 5.57 Å². The third kappa shape index (κ3) is 5.65. The largest absolute Gasteiger partial charge is 0.233 e. The highest BCUT2D eigenvalue weighted by atomic mass is 19.1. The van der Waals surface area contributed by atoms with Crippen LogP contribution in [0.2, 0.25) is 0 Å². The second-order valence-corrected chi connectivity index (χ2v) is 8.23. The summed E-state index contributed by atoms with van der Waals surface area (Å²) >= 11 is 0. The van der Waals surface area contributed by atoms with Crippen LogP contribution in [0.3, 0.4) is 0 Å². The topological polar surface area (TPSA) is 0 Å². The monoisotopic (exact) mass is 412 g/mol. The lowest BCUT2D eigenvalue weighted by molar-refractivity contribution is 0.246. The van der Waals surface area contributed by atoms with E-state index in [1.54, 1.807) is 6.07 Å². The minimum absolute atomic E-state index is 0.143. The Morgan fingerprint density at radius 1 is 0.867 bits per heavy atom. The van der Waals surface area contributed by atoms with Gasteiger partial charge in [0.25, 0.3) is 0 Å². The van der Waals surface area contributed by atoms with Gasteiger partial charge in [0.1, 0.15) is 11.6 Å². The van der Waals surface area contributed by atoms with Gasteiger partial charge in [0.05, 0.1) is 0 Å². The van der Waals surface area contributed by atoms with Gasteiger partial charge in [-0.05, 0) is 53.8 Å². The van der Waals surface area contributed by atoms with Gasteiger partial charge in [-0.25, -0.2) is 13.2 Å². The van der Waals surface area contributed by atoms with Crippen molar-refractivity contribution < 1.29 is 13.2 Å². The molecule has 0 saturated heterocycles. The quantitative estimate of drug-likeness (QED) is 0.343. The van der Waals surface area contributed by atoms with Crippen molar-refractivity contribution in [3.63, 3.8) is 0 Å². The minimum Gasteiger partial charge on any atom is -0.233 e. The Bertz CT molecular complexity index is 896. The van der Waals surface area contributed by atoms with Crippen molar-refractivity contribution in [3.05, 3.63) is 89.0 Å². The van der Waals surface area contributed by atoms with Crippen molar-refractivity contribution in [3.8, 4) is 0 Å². The van der Waals surface area contributed by atoms with Crippen LogP contribution >= 0.6 is 0 Å². The Hall–Kier alpha value is -2.29. The highest BCUT2D eigenvalue weighted by Crippen LogP contribution is 2.46. The first-order chi connectivity index (χ1) is 14.5. The number of benzene rings is 2. The Morgan fingerprint density at radius 2 is 1.60 bits per heavy atom. The zero-order chi connectivity index (χ0) is 21.4. The number of hydrogen-bond donors (Lipinski definition) is 0. The fraction of sp³-hybridized carbons (Fsp3) is 0.407. The summed E-state index contributed by atoms with van der Waals surface area (Å²) in [5.74, 6) is -0.946. The summed E-state index contributed by atoms with van der Waals surface area (Å²) in [6, 6.07) is 13.3. The van der Waals surface area contributed by atoms with Crippen LogP contribution in [0.15, 0.2) is 66.5 Å². The van der Waals surface area contributed by atoms with Gasteiger partial charge in [-0.15, -0.1) is 0 Å². The molecular weight excluding hydrogens is 381 g/mol. The lowest BCUT2D eigenvalue weighted by Gasteiger charge is -2.31. The molecule has 0 heterocycles. The highest BCUT2D eigenvalue weighted by Gasteiger charge is 2.39. The molecule has 2 aromatic rings. The molecule has 1 atom stereocenters. The summed E-state index contributed by atoms with van der Waals surface area (Å²) in [4.78, 5) is 0. The zero-order valence-electron chi connectivity index (χ0n) is 17.8. The molecule has 0 aliphatic heterocycles. The fourth-order valence-electron chi connectivity index (χ4n) is 4.16. The average Bonchev–Trinajstić information content (AvgIpc) is 2.75. The zero-order valence-corrected chi connectivity index (χ0v) is 17.8. The van der Waals surface area contributed by atoms with E-state index in [2.05, 4.69) is 6.92 Å². The molecule has 3 rings (SSSR count). The predicted octanol–water partition coefficient (Wildman–Crippen LogP) is 8.62. The third-order valence-corrected chi connectivity index (χ3v) is 5.88. The van der Waals surface area contributed by atoms with Crippen LogP contribution in [0.1, 0.15) is 75.0 Å². The summed E-state index contributed by atoms with van der Waals surface area (Å²) in [5.41, 5.74) is 0.309. The van der Waals surface area contributed by atoms with E-state index in [1.807, 2.05) is 24.3 Å². The summed E-state index contributed by atoms with van der Waals surface area (Å²) < 4.78 is 44.0. The molecule has 0 amide bonds. The van der Waals surface area contributed by atoms with Crippen molar-refractivity contribution in [2.24, 2.45) is 0 Å². The molecule has 0 N–H and O–H groups in total. The van der Waals surface area contributed by atoms with Gasteiger partial charge in [0.15, 0.2) is 5.67 Å². The van der Waals surface area contributed by atoms with Crippen LogP contribution < -0.4 is 0 Å². The van der Waals surface area contributed by atoms with E-state index in [9.17, 15) is 8.78 Å². The molecule has 0 bridgehead atoms. The molecule has 160 valence electrons. The lowest BCUT2D eigenvalue weighted by atomic mass is 9.78. The average molecular weight is 413 g/mol. The van der Waals surface area contributed by atoms with Gasteiger partial charge >= 0.3 is 0 Å². The maximum Gasteiger partial charge on any atom is 0.165 e. The fourth-order valence-corrected chi connectivity index (χ4v) is 4.16. The maximum absolute atomic E-state index is 16.1. The molecule has 0 fully saturated rings. The number of rotatable bonds is 10. The molecular formula is C27H31F3. The van der Waals surface area contributed by atoms with E-state index in [-0.39, 0.29) is 17.6 Å². The van der Waals surface area contributed by atoms with Crippen LogP contribution in [0.4, 0.5) is 13.2 Å². The van der Waals surface area contributed by atoms with Crippen LogP contribution in [0.5, 0.6) is 0 Å². The van der Waals surface area contributed by atoms with E-state index in [0.717, 1.165) is 18.4 Å². The van der Waals surface area contributed by atoms with Gasteiger partial charge in [0, 0.05) is 12.0 Å². The van der Waals surface area contributed by atoms with Crippen molar-refractivity contribution in [1.29, 1.82) is 0 Å². The molecule has 3 heteroatoms. The van der Waals surface area contributed by atoms with E-state index in [0.29, 0.717) is 5.56 Å². The predicted molar refractivity (Wildman–Crippen MR) is 119 cm³/mol. The summed E-state index contributed by atoms with van der Waals surface area (Å²) in [5, 5.41) is 0. The van der Waals surface area contributed by atoms with Gasteiger partial charge in [-0.1, -0.05) is 81.8 Å². The molecule has 0 nitrogen and oxygen atoms in total. The van der Waals surface area contributed by atoms with Crippen molar-refractivity contribution in [1.82, 2.24) is 0 Å². The number of halogens is 3. The van der Waals surface area contributed by atoms with E-state index < -0.39 is 17.3 Å². The Labute approximate surface area is 178 Å². The Balaban J connectivity index is 1.74. The standard InChI is InChI=1S/C27H31F3/c1-2-3-4-5-6-7-8-11-21-12-9-13-22(18-21)26-20-25(29)16-17-27(26,30)23-14-10-15-24(28)19-23/h9-10,12-16,18-20H,2-8,11,17H2,1H3. The molecule has 30 heavy (non-hydrogen) atoms. The van der Waals surface area contributed by atoms with E-state index in [1.165, 1.54) is 68.9 Å². The van der Waals surface area contributed by atoms with Gasteiger partial charge in [-0.3, -0.25) is 0 Å². The smallest absolute Gasteiger partial charge is 0.165 e. The number of alkyl halides is 1. The summed E-state index contributed by atoms with van der Waals surface area (Å²) in [6.07, 6.45) is 11.9. The Morgan fingerprint density at radius 3 is 2.37 bits per heavy atom. The lowest BCUT2D eigenvalue weighted by Crippen LogP contribution is -2.24. The second-order valence-electron chi connectivity index (χ2n) is 8.23. The molecule has 2 aromatic carbocycles. The normalized spacial score (nSPS) is 18.8. The minimum atomic E-state index is -1.95. The van der Waals surface area contributed by atoms with Gasteiger partial charge in [-0.2, -0.15) is 0 Å². The number of aryl methyl sites for hydroxylation is 1. The van der Waals surface area contributed by atoms with Crippen LogP contribution in [-0.2, 0) is 12.1 Å². The first-order valence-electron chi connectivity index (χ1n) is 11.1.